The van der Waals surface area contributed by atoms with E-state index >= 15 is 0 Å². The summed E-state index contributed by atoms with van der Waals surface area (Å²) in [4.78, 5) is 12.4. The number of amides is 1. The molecule has 0 radical (unpaired) electrons. The van der Waals surface area contributed by atoms with Crippen molar-refractivity contribution in [1.29, 1.82) is 0 Å². The van der Waals surface area contributed by atoms with Crippen molar-refractivity contribution < 1.29 is 17.9 Å². The highest BCUT2D eigenvalue weighted by atomic mass is 35.5. The third kappa shape index (κ3) is 4.63. The Balaban J connectivity index is 2.05. The fourth-order valence-corrected chi connectivity index (χ4v) is 2.84. The van der Waals surface area contributed by atoms with Crippen LogP contribution in [0.5, 0.6) is 5.75 Å². The van der Waals surface area contributed by atoms with Gasteiger partial charge in [0.1, 0.15) is 5.75 Å². The molecule has 0 spiro atoms. The molecule has 0 aliphatic heterocycles. The number of rotatable bonds is 5. The first-order chi connectivity index (χ1) is 11.2. The number of hydrogen-bond donors (Lipinski definition) is 1. The SMILES string of the molecule is CC(Oc1ccc(S(C)(=O)=O)cc1)C(=O)Nc1cccc(Cl)c1Cl. The van der Waals surface area contributed by atoms with E-state index in [1.54, 1.807) is 25.1 Å². The summed E-state index contributed by atoms with van der Waals surface area (Å²) in [6.45, 7) is 1.57. The van der Waals surface area contributed by atoms with Crippen molar-refractivity contribution in [3.05, 3.63) is 52.5 Å². The lowest BCUT2D eigenvalue weighted by atomic mass is 10.3. The van der Waals surface area contributed by atoms with E-state index in [2.05, 4.69) is 5.32 Å². The Morgan fingerprint density at radius 1 is 1.12 bits per heavy atom. The molecule has 0 aromatic heterocycles. The molecular weight excluding hydrogens is 373 g/mol. The van der Waals surface area contributed by atoms with Crippen molar-refractivity contribution >= 4 is 44.6 Å². The van der Waals surface area contributed by atoms with Crippen LogP contribution in [0.2, 0.25) is 10.0 Å². The van der Waals surface area contributed by atoms with Crippen molar-refractivity contribution in [2.45, 2.75) is 17.9 Å². The summed E-state index contributed by atoms with van der Waals surface area (Å²) < 4.78 is 28.3. The van der Waals surface area contributed by atoms with E-state index in [-0.39, 0.29) is 9.92 Å². The first-order valence-corrected chi connectivity index (χ1v) is 9.55. The van der Waals surface area contributed by atoms with E-state index < -0.39 is 21.8 Å². The number of carbonyl (C=O) groups excluding carboxylic acids is 1. The summed E-state index contributed by atoms with van der Waals surface area (Å²) in [5.74, 6) is -0.0337. The van der Waals surface area contributed by atoms with Crippen molar-refractivity contribution in [3.63, 3.8) is 0 Å². The van der Waals surface area contributed by atoms with Gasteiger partial charge in [0.25, 0.3) is 5.91 Å². The van der Waals surface area contributed by atoms with Crippen molar-refractivity contribution in [1.82, 2.24) is 0 Å². The average Bonchev–Trinajstić information content (AvgIpc) is 2.51. The molecule has 1 atom stereocenters. The number of ether oxygens (including phenoxy) is 1. The quantitative estimate of drug-likeness (QED) is 0.846. The molecule has 1 amide bonds. The van der Waals surface area contributed by atoms with Gasteiger partial charge in [-0.15, -0.1) is 0 Å². The molecule has 0 bridgehead atoms. The fourth-order valence-electron chi connectivity index (χ4n) is 1.86. The number of sulfone groups is 1. The molecule has 0 fully saturated rings. The monoisotopic (exact) mass is 387 g/mol. The average molecular weight is 388 g/mol. The minimum absolute atomic E-state index is 0.178. The predicted molar refractivity (Wildman–Crippen MR) is 94.7 cm³/mol. The van der Waals surface area contributed by atoms with Crippen LogP contribution in [0.3, 0.4) is 0 Å². The predicted octanol–water partition coefficient (Wildman–Crippen LogP) is 3.80. The van der Waals surface area contributed by atoms with Gasteiger partial charge in [0.2, 0.25) is 0 Å². The Morgan fingerprint density at radius 2 is 1.75 bits per heavy atom. The summed E-state index contributed by atoms with van der Waals surface area (Å²) >= 11 is 11.9. The molecule has 8 heteroatoms. The van der Waals surface area contributed by atoms with Gasteiger partial charge in [0, 0.05) is 6.26 Å². The van der Waals surface area contributed by atoms with Gasteiger partial charge in [-0.25, -0.2) is 8.42 Å². The summed E-state index contributed by atoms with van der Waals surface area (Å²) in [6.07, 6.45) is 0.303. The highest BCUT2D eigenvalue weighted by Gasteiger charge is 2.17. The maximum Gasteiger partial charge on any atom is 0.265 e. The van der Waals surface area contributed by atoms with Crippen LogP contribution in [0.15, 0.2) is 47.4 Å². The Morgan fingerprint density at radius 3 is 2.33 bits per heavy atom. The highest BCUT2D eigenvalue weighted by Crippen LogP contribution is 2.29. The third-order valence-electron chi connectivity index (χ3n) is 3.14. The Hall–Kier alpha value is -1.76. The number of carbonyl (C=O) groups is 1. The Kier molecular flexibility index (Phi) is 5.74. The zero-order chi connectivity index (χ0) is 17.9. The number of hydrogen-bond acceptors (Lipinski definition) is 4. The molecule has 0 aliphatic carbocycles. The Labute approximate surface area is 150 Å². The van der Waals surface area contributed by atoms with Crippen LogP contribution in [0.4, 0.5) is 5.69 Å². The maximum absolute atomic E-state index is 12.2. The molecular formula is C16H15Cl2NO4S. The van der Waals surface area contributed by atoms with Gasteiger partial charge in [-0.3, -0.25) is 4.79 Å². The molecule has 2 aromatic carbocycles. The van der Waals surface area contributed by atoms with Gasteiger partial charge in [0.15, 0.2) is 15.9 Å². The molecule has 0 heterocycles. The van der Waals surface area contributed by atoms with E-state index in [9.17, 15) is 13.2 Å². The highest BCUT2D eigenvalue weighted by molar-refractivity contribution is 7.90. The summed E-state index contributed by atoms with van der Waals surface area (Å²) in [5, 5.41) is 3.21. The van der Waals surface area contributed by atoms with Crippen LogP contribution in [-0.2, 0) is 14.6 Å². The molecule has 0 saturated carbocycles. The fraction of sp³-hybridized carbons (Fsp3) is 0.188. The summed E-state index contributed by atoms with van der Waals surface area (Å²) in [7, 11) is -3.28. The molecule has 2 aromatic rings. The number of anilines is 1. The first kappa shape index (κ1) is 18.6. The van der Waals surface area contributed by atoms with Crippen LogP contribution in [-0.4, -0.2) is 26.7 Å². The van der Waals surface area contributed by atoms with Crippen LogP contribution in [0.25, 0.3) is 0 Å². The largest absolute Gasteiger partial charge is 0.481 e. The molecule has 0 saturated heterocycles. The molecule has 2 rings (SSSR count). The first-order valence-electron chi connectivity index (χ1n) is 6.90. The zero-order valence-electron chi connectivity index (χ0n) is 12.9. The lowest BCUT2D eigenvalue weighted by molar-refractivity contribution is -0.122. The molecule has 1 unspecified atom stereocenters. The standard InChI is InChI=1S/C16H15Cl2NO4S/c1-10(16(20)19-14-5-3-4-13(17)15(14)18)23-11-6-8-12(9-7-11)24(2,21)22/h3-10H,1-2H3,(H,19,20). The van der Waals surface area contributed by atoms with Crippen LogP contribution in [0, 0.1) is 0 Å². The second-order valence-corrected chi connectivity index (χ2v) is 7.90. The molecule has 24 heavy (non-hydrogen) atoms. The number of halogens is 2. The van der Waals surface area contributed by atoms with E-state index in [0.29, 0.717) is 16.5 Å². The van der Waals surface area contributed by atoms with E-state index in [0.717, 1.165) is 6.26 Å². The van der Waals surface area contributed by atoms with Gasteiger partial charge in [-0.05, 0) is 43.3 Å². The van der Waals surface area contributed by atoms with E-state index in [1.807, 2.05) is 0 Å². The van der Waals surface area contributed by atoms with Crippen molar-refractivity contribution in [3.8, 4) is 5.75 Å². The van der Waals surface area contributed by atoms with Crippen LogP contribution in [0.1, 0.15) is 6.92 Å². The normalized spacial score (nSPS) is 12.5. The smallest absolute Gasteiger partial charge is 0.265 e. The lowest BCUT2D eigenvalue weighted by Gasteiger charge is -2.15. The van der Waals surface area contributed by atoms with Gasteiger partial charge >= 0.3 is 0 Å². The summed E-state index contributed by atoms with van der Waals surface area (Å²) in [6, 6.07) is 10.7. The van der Waals surface area contributed by atoms with Crippen molar-refractivity contribution in [2.75, 3.05) is 11.6 Å². The second kappa shape index (κ2) is 7.42. The van der Waals surface area contributed by atoms with Gasteiger partial charge < -0.3 is 10.1 Å². The minimum Gasteiger partial charge on any atom is -0.481 e. The molecule has 5 nitrogen and oxygen atoms in total. The third-order valence-corrected chi connectivity index (χ3v) is 5.09. The second-order valence-electron chi connectivity index (χ2n) is 5.09. The number of nitrogens with one attached hydrogen (secondary N) is 1. The maximum atomic E-state index is 12.2. The van der Waals surface area contributed by atoms with Gasteiger partial charge in [0.05, 0.1) is 20.6 Å². The molecule has 1 N–H and O–H groups in total. The molecule has 0 aliphatic rings. The number of benzene rings is 2. The van der Waals surface area contributed by atoms with Crippen molar-refractivity contribution in [2.24, 2.45) is 0 Å². The lowest BCUT2D eigenvalue weighted by Crippen LogP contribution is -2.30. The minimum atomic E-state index is -3.28. The Bertz CT molecular complexity index is 851. The summed E-state index contributed by atoms with van der Waals surface area (Å²) in [5.41, 5.74) is 0.386. The molecule has 128 valence electrons. The van der Waals surface area contributed by atoms with E-state index in [1.165, 1.54) is 24.3 Å². The van der Waals surface area contributed by atoms with E-state index in [4.69, 9.17) is 27.9 Å². The van der Waals surface area contributed by atoms with Crippen LogP contribution < -0.4 is 10.1 Å². The zero-order valence-corrected chi connectivity index (χ0v) is 15.2. The topological polar surface area (TPSA) is 72.5 Å². The van der Waals surface area contributed by atoms with Crippen LogP contribution >= 0.6 is 23.2 Å². The van der Waals surface area contributed by atoms with Gasteiger partial charge in [-0.1, -0.05) is 29.3 Å². The van der Waals surface area contributed by atoms with Gasteiger partial charge in [-0.2, -0.15) is 0 Å².